The number of urea groups is 1. The van der Waals surface area contributed by atoms with Crippen LogP contribution < -0.4 is 10.6 Å². The molecule has 156 valence electrons. The molecule has 0 aliphatic heterocycles. The highest BCUT2D eigenvalue weighted by Gasteiger charge is 2.16. The molecule has 0 bridgehead atoms. The Labute approximate surface area is 182 Å². The van der Waals surface area contributed by atoms with Crippen molar-refractivity contribution < 1.29 is 4.79 Å². The van der Waals surface area contributed by atoms with Gasteiger partial charge in [-0.2, -0.15) is 5.10 Å². The summed E-state index contributed by atoms with van der Waals surface area (Å²) in [4.78, 5) is 17.1. The highest BCUT2D eigenvalue weighted by atomic mass is 16.2. The standard InChI is InChI=1S/C25H25N5O/c1-19-9-11-20(12-10-19)17-24(23-8-2-3-13-26-23)29-25(31)27-18-21-6-4-7-22(16-21)30-15-5-14-28-30/h2-16,24H,17-18H2,1H3,(H2,27,29,31). The normalized spacial score (nSPS) is 11.6. The third-order valence-electron chi connectivity index (χ3n) is 5.04. The lowest BCUT2D eigenvalue weighted by atomic mass is 10.0. The molecule has 2 amide bonds. The van der Waals surface area contributed by atoms with Gasteiger partial charge in [0.15, 0.2) is 0 Å². The fraction of sp³-hybridized carbons (Fsp3) is 0.160. The van der Waals surface area contributed by atoms with E-state index in [4.69, 9.17) is 0 Å². The fourth-order valence-corrected chi connectivity index (χ4v) is 3.39. The van der Waals surface area contributed by atoms with Crippen LogP contribution in [0.15, 0.2) is 91.4 Å². The minimum Gasteiger partial charge on any atom is -0.334 e. The topological polar surface area (TPSA) is 71.8 Å². The van der Waals surface area contributed by atoms with Gasteiger partial charge in [0.2, 0.25) is 0 Å². The van der Waals surface area contributed by atoms with Crippen LogP contribution in [-0.4, -0.2) is 20.8 Å². The Kier molecular flexibility index (Phi) is 6.38. The van der Waals surface area contributed by atoms with Crippen LogP contribution >= 0.6 is 0 Å². The Hall–Kier alpha value is -3.93. The molecule has 0 fully saturated rings. The van der Waals surface area contributed by atoms with E-state index in [0.717, 1.165) is 22.5 Å². The van der Waals surface area contributed by atoms with Gasteiger partial charge in [0.1, 0.15) is 0 Å². The summed E-state index contributed by atoms with van der Waals surface area (Å²) >= 11 is 0. The molecular weight excluding hydrogens is 386 g/mol. The number of pyridine rings is 1. The van der Waals surface area contributed by atoms with Gasteiger partial charge in [-0.15, -0.1) is 0 Å². The van der Waals surface area contributed by atoms with Crippen LogP contribution in [0, 0.1) is 6.92 Å². The SMILES string of the molecule is Cc1ccc(CC(NC(=O)NCc2cccc(-n3cccn3)c2)c2ccccn2)cc1. The van der Waals surface area contributed by atoms with E-state index in [1.807, 2.05) is 54.7 Å². The summed E-state index contributed by atoms with van der Waals surface area (Å²) in [6.45, 7) is 2.48. The van der Waals surface area contributed by atoms with E-state index in [2.05, 4.69) is 51.9 Å². The van der Waals surface area contributed by atoms with Crippen molar-refractivity contribution in [2.45, 2.75) is 25.9 Å². The molecule has 0 radical (unpaired) electrons. The molecule has 31 heavy (non-hydrogen) atoms. The molecule has 2 aromatic carbocycles. The maximum absolute atomic E-state index is 12.7. The van der Waals surface area contributed by atoms with Crippen LogP contribution in [0.3, 0.4) is 0 Å². The predicted molar refractivity (Wildman–Crippen MR) is 121 cm³/mol. The van der Waals surface area contributed by atoms with Crippen molar-refractivity contribution >= 4 is 6.03 Å². The van der Waals surface area contributed by atoms with E-state index in [1.54, 1.807) is 17.1 Å². The van der Waals surface area contributed by atoms with Gasteiger partial charge >= 0.3 is 6.03 Å². The highest BCUT2D eigenvalue weighted by molar-refractivity contribution is 5.74. The lowest BCUT2D eigenvalue weighted by Crippen LogP contribution is -2.38. The molecule has 1 atom stereocenters. The van der Waals surface area contributed by atoms with Crippen LogP contribution in [0.2, 0.25) is 0 Å². The summed E-state index contributed by atoms with van der Waals surface area (Å²) in [6.07, 6.45) is 6.04. The predicted octanol–water partition coefficient (Wildman–Crippen LogP) is 4.36. The van der Waals surface area contributed by atoms with Gasteiger partial charge in [-0.3, -0.25) is 4.98 Å². The average molecular weight is 412 g/mol. The van der Waals surface area contributed by atoms with Gasteiger partial charge < -0.3 is 10.6 Å². The van der Waals surface area contributed by atoms with Gasteiger partial charge in [-0.05, 0) is 54.8 Å². The van der Waals surface area contributed by atoms with Gasteiger partial charge in [0, 0.05) is 25.1 Å². The third-order valence-corrected chi connectivity index (χ3v) is 5.04. The fourth-order valence-electron chi connectivity index (χ4n) is 3.39. The quantitative estimate of drug-likeness (QED) is 0.475. The number of amides is 2. The minimum atomic E-state index is -0.229. The molecule has 0 saturated carbocycles. The molecule has 0 aliphatic rings. The monoisotopic (exact) mass is 411 g/mol. The lowest BCUT2D eigenvalue weighted by molar-refractivity contribution is 0.236. The summed E-state index contributed by atoms with van der Waals surface area (Å²) in [5.74, 6) is 0. The Balaban J connectivity index is 1.41. The number of nitrogens with one attached hydrogen (secondary N) is 2. The second kappa shape index (κ2) is 9.71. The summed E-state index contributed by atoms with van der Waals surface area (Å²) in [5.41, 5.74) is 5.14. The van der Waals surface area contributed by atoms with Crippen LogP contribution in [0.4, 0.5) is 4.79 Å². The highest BCUT2D eigenvalue weighted by Crippen LogP contribution is 2.17. The first-order valence-electron chi connectivity index (χ1n) is 10.3. The first-order chi connectivity index (χ1) is 15.2. The second-order valence-corrected chi connectivity index (χ2v) is 7.44. The van der Waals surface area contributed by atoms with E-state index in [0.29, 0.717) is 13.0 Å². The zero-order valence-electron chi connectivity index (χ0n) is 17.4. The van der Waals surface area contributed by atoms with Crippen LogP contribution in [-0.2, 0) is 13.0 Å². The van der Waals surface area contributed by atoms with Crippen molar-refractivity contribution in [3.63, 3.8) is 0 Å². The molecule has 0 aliphatic carbocycles. The van der Waals surface area contributed by atoms with E-state index in [1.165, 1.54) is 5.56 Å². The van der Waals surface area contributed by atoms with Gasteiger partial charge in [0.05, 0.1) is 17.4 Å². The molecule has 2 aromatic heterocycles. The van der Waals surface area contributed by atoms with Gasteiger partial charge in [-0.1, -0.05) is 48.0 Å². The Morgan fingerprint density at radius 1 is 0.968 bits per heavy atom. The lowest BCUT2D eigenvalue weighted by Gasteiger charge is -2.19. The number of aryl methyl sites for hydroxylation is 1. The first-order valence-corrected chi connectivity index (χ1v) is 10.3. The Bertz CT molecular complexity index is 1110. The van der Waals surface area contributed by atoms with Gasteiger partial charge in [0.25, 0.3) is 0 Å². The van der Waals surface area contributed by atoms with Crippen LogP contribution in [0.5, 0.6) is 0 Å². The Morgan fingerprint density at radius 2 is 1.84 bits per heavy atom. The number of hydrogen-bond donors (Lipinski definition) is 2. The summed E-state index contributed by atoms with van der Waals surface area (Å²) in [6, 6.07) is 23.4. The number of hydrogen-bond acceptors (Lipinski definition) is 3. The number of benzene rings is 2. The van der Waals surface area contributed by atoms with Crippen molar-refractivity contribution in [3.05, 3.63) is 114 Å². The summed E-state index contributed by atoms with van der Waals surface area (Å²) in [7, 11) is 0. The smallest absolute Gasteiger partial charge is 0.315 e. The minimum absolute atomic E-state index is 0.223. The molecule has 0 saturated heterocycles. The maximum atomic E-state index is 12.7. The van der Waals surface area contributed by atoms with Crippen molar-refractivity contribution in [1.29, 1.82) is 0 Å². The maximum Gasteiger partial charge on any atom is 0.315 e. The van der Waals surface area contributed by atoms with Crippen molar-refractivity contribution in [2.75, 3.05) is 0 Å². The number of nitrogens with zero attached hydrogens (tertiary/aromatic N) is 3. The van der Waals surface area contributed by atoms with Crippen LogP contribution in [0.25, 0.3) is 5.69 Å². The largest absolute Gasteiger partial charge is 0.334 e. The van der Waals surface area contributed by atoms with Gasteiger partial charge in [-0.25, -0.2) is 9.48 Å². The number of aromatic nitrogens is 3. The summed E-state index contributed by atoms with van der Waals surface area (Å²) < 4.78 is 1.79. The third kappa shape index (κ3) is 5.57. The number of rotatable bonds is 7. The van der Waals surface area contributed by atoms with Crippen molar-refractivity contribution in [2.24, 2.45) is 0 Å². The first kappa shape index (κ1) is 20.3. The Morgan fingerprint density at radius 3 is 2.58 bits per heavy atom. The molecule has 2 N–H and O–H groups in total. The zero-order chi connectivity index (χ0) is 21.5. The molecule has 4 aromatic rings. The molecule has 0 spiro atoms. The molecule has 1 unspecified atom stereocenters. The zero-order valence-corrected chi connectivity index (χ0v) is 17.4. The molecule has 2 heterocycles. The van der Waals surface area contributed by atoms with E-state index >= 15 is 0 Å². The van der Waals surface area contributed by atoms with Crippen LogP contribution in [0.1, 0.15) is 28.4 Å². The average Bonchev–Trinajstić information content (AvgIpc) is 3.35. The number of carbonyl (C=O) groups excluding carboxylic acids is 1. The van der Waals surface area contributed by atoms with E-state index in [-0.39, 0.29) is 12.1 Å². The van der Waals surface area contributed by atoms with Crippen molar-refractivity contribution in [1.82, 2.24) is 25.4 Å². The summed E-state index contributed by atoms with van der Waals surface area (Å²) in [5, 5.41) is 10.3. The molecule has 6 nitrogen and oxygen atoms in total. The second-order valence-electron chi connectivity index (χ2n) is 7.44. The van der Waals surface area contributed by atoms with E-state index < -0.39 is 0 Å². The van der Waals surface area contributed by atoms with Crippen molar-refractivity contribution in [3.8, 4) is 5.69 Å². The molecule has 4 rings (SSSR count). The van der Waals surface area contributed by atoms with E-state index in [9.17, 15) is 4.79 Å². The molecule has 6 heteroatoms. The number of carbonyl (C=O) groups is 1. The molecular formula is C25H25N5O.